The highest BCUT2D eigenvalue weighted by Gasteiger charge is 2.32. The van der Waals surface area contributed by atoms with Gasteiger partial charge in [-0.05, 0) is 37.6 Å². The van der Waals surface area contributed by atoms with Gasteiger partial charge in [0, 0.05) is 48.6 Å². The van der Waals surface area contributed by atoms with Crippen LogP contribution >= 0.6 is 11.6 Å². The van der Waals surface area contributed by atoms with Crippen molar-refractivity contribution in [1.29, 1.82) is 5.41 Å². The maximum Gasteiger partial charge on any atom is 0.137 e. The van der Waals surface area contributed by atoms with Crippen LogP contribution in [-0.4, -0.2) is 51.2 Å². The third-order valence-electron chi connectivity index (χ3n) is 5.63. The van der Waals surface area contributed by atoms with E-state index in [1.807, 2.05) is 6.92 Å². The van der Waals surface area contributed by atoms with Crippen LogP contribution in [0.1, 0.15) is 31.2 Å². The van der Waals surface area contributed by atoms with E-state index in [1.54, 1.807) is 24.1 Å². The summed E-state index contributed by atoms with van der Waals surface area (Å²) in [6, 6.07) is 5.55. The first kappa shape index (κ1) is 23.9. The van der Waals surface area contributed by atoms with E-state index in [1.165, 1.54) is 24.4 Å². The normalized spacial score (nSPS) is 19.8. The number of aliphatic hydroxyl groups is 1. The van der Waals surface area contributed by atoms with E-state index in [9.17, 15) is 14.6 Å². The van der Waals surface area contributed by atoms with Gasteiger partial charge < -0.3 is 25.7 Å². The summed E-state index contributed by atoms with van der Waals surface area (Å²) in [5, 5.41) is 32.8. The highest BCUT2D eigenvalue weighted by Crippen LogP contribution is 2.32. The van der Waals surface area contributed by atoms with Crippen molar-refractivity contribution in [3.63, 3.8) is 0 Å². The molecule has 8 nitrogen and oxygen atoms in total. The molecule has 2 aromatic rings. The number of hydrogen-bond donors (Lipinski definition) is 4. The molecule has 1 fully saturated rings. The molecule has 34 heavy (non-hydrogen) atoms. The Balaban J connectivity index is 1.50. The molecule has 1 saturated heterocycles. The Bertz CT molecular complexity index is 1230. The number of aliphatic hydroxyl groups excluding tert-OH is 1. The van der Waals surface area contributed by atoms with Gasteiger partial charge in [-0.2, -0.15) is 0 Å². The number of nitrogens with zero attached hydrogens (tertiary/aromatic N) is 3. The van der Waals surface area contributed by atoms with Crippen molar-refractivity contribution in [2.75, 3.05) is 19.7 Å². The zero-order valence-electron chi connectivity index (χ0n) is 18.8. The fourth-order valence-corrected chi connectivity index (χ4v) is 3.96. The Morgan fingerprint density at radius 3 is 2.79 bits per heavy atom. The molecule has 1 aromatic heterocycles. The Kier molecular flexibility index (Phi) is 6.97. The number of nitrogens with one attached hydrogen (secondary N) is 2. The lowest BCUT2D eigenvalue weighted by Gasteiger charge is -2.24. The van der Waals surface area contributed by atoms with Gasteiger partial charge in [-0.25, -0.2) is 9.38 Å². The van der Waals surface area contributed by atoms with Crippen LogP contribution in [0.2, 0.25) is 0 Å². The zero-order chi connectivity index (χ0) is 24.4. The second kappa shape index (κ2) is 9.92. The molecule has 4 rings (SSSR count). The third kappa shape index (κ3) is 5.11. The fraction of sp³-hybridized carbons (Fsp3) is 0.292. The van der Waals surface area contributed by atoms with Crippen molar-refractivity contribution < 1.29 is 19.3 Å². The number of pyridine rings is 1. The summed E-state index contributed by atoms with van der Waals surface area (Å²) in [5.41, 5.74) is 3.55. The second-order valence-corrected chi connectivity index (χ2v) is 8.56. The van der Waals surface area contributed by atoms with Gasteiger partial charge in [0.05, 0.1) is 29.3 Å². The molecular weight excluding hydrogens is 461 g/mol. The largest absolute Gasteiger partial charge is 0.506 e. The number of aromatic nitrogens is 1. The average Bonchev–Trinajstić information content (AvgIpc) is 3.18. The minimum atomic E-state index is -1.12. The van der Waals surface area contributed by atoms with E-state index in [0.717, 1.165) is 11.3 Å². The first-order valence-electron chi connectivity index (χ1n) is 10.7. The molecule has 2 aliphatic rings. The lowest BCUT2D eigenvalue weighted by atomic mass is 10.1. The summed E-state index contributed by atoms with van der Waals surface area (Å²) in [6.07, 6.45) is 2.27. The Morgan fingerprint density at radius 1 is 1.26 bits per heavy atom. The third-order valence-corrected chi connectivity index (χ3v) is 6.19. The number of ether oxygens (including phenoxy) is 1. The van der Waals surface area contributed by atoms with Crippen molar-refractivity contribution in [3.8, 4) is 11.5 Å². The molecule has 3 heterocycles. The maximum atomic E-state index is 14.0. The molecular formula is C24H25ClFN5O3. The van der Waals surface area contributed by atoms with Gasteiger partial charge in [0.25, 0.3) is 0 Å². The summed E-state index contributed by atoms with van der Waals surface area (Å²) in [7, 11) is 0. The number of aromatic hydroxyl groups is 1. The number of allylic oxidation sites excluding steroid dienone is 2. The quantitative estimate of drug-likeness (QED) is 0.497. The summed E-state index contributed by atoms with van der Waals surface area (Å²) in [6.45, 7) is 4.30. The fourth-order valence-electron chi connectivity index (χ4n) is 3.87. The molecule has 1 unspecified atom stereocenters. The molecule has 2 aliphatic heterocycles. The minimum absolute atomic E-state index is 0.0562. The summed E-state index contributed by atoms with van der Waals surface area (Å²) < 4.78 is 19.8. The molecule has 0 amide bonds. The monoisotopic (exact) mass is 485 g/mol. The van der Waals surface area contributed by atoms with Gasteiger partial charge in [-0.3, -0.25) is 9.88 Å². The Morgan fingerprint density at radius 2 is 2.06 bits per heavy atom. The molecule has 0 spiro atoms. The first-order valence-corrected chi connectivity index (χ1v) is 11.1. The van der Waals surface area contributed by atoms with Crippen LogP contribution in [0.4, 0.5) is 4.39 Å². The molecule has 0 radical (unpaired) electrons. The van der Waals surface area contributed by atoms with Gasteiger partial charge >= 0.3 is 0 Å². The number of aliphatic imine (C=N–C) groups is 1. The van der Waals surface area contributed by atoms with Crippen LogP contribution in [0.15, 0.2) is 63.8 Å². The number of benzene rings is 1. The van der Waals surface area contributed by atoms with Crippen LogP contribution < -0.4 is 10.1 Å². The first-order chi connectivity index (χ1) is 16.2. The van der Waals surface area contributed by atoms with Crippen LogP contribution in [0.5, 0.6) is 11.5 Å². The summed E-state index contributed by atoms with van der Waals surface area (Å²) in [4.78, 5) is 10.1. The number of hydrogen-bond acceptors (Lipinski definition) is 8. The number of rotatable bonds is 6. The SMILES string of the molecule is CC1=N/C(=C2\CN(C(O)c3ccc(F)cc3OCCc3cncc(O)c3)CC2=N)NC(C)=C1Cl. The Hall–Kier alpha value is -3.27. The van der Waals surface area contributed by atoms with E-state index in [4.69, 9.17) is 21.7 Å². The van der Waals surface area contributed by atoms with Gasteiger partial charge in [0.2, 0.25) is 0 Å². The molecule has 178 valence electrons. The maximum absolute atomic E-state index is 14.0. The van der Waals surface area contributed by atoms with Crippen LogP contribution in [0.25, 0.3) is 0 Å². The smallest absolute Gasteiger partial charge is 0.137 e. The average molecular weight is 486 g/mol. The molecule has 0 aliphatic carbocycles. The number of likely N-dealkylation sites (tertiary alicyclic amines) is 1. The predicted octanol–water partition coefficient (Wildman–Crippen LogP) is 3.62. The summed E-state index contributed by atoms with van der Waals surface area (Å²) in [5.74, 6) is 0.316. The van der Waals surface area contributed by atoms with E-state index < -0.39 is 12.0 Å². The van der Waals surface area contributed by atoms with E-state index in [0.29, 0.717) is 39.8 Å². The van der Waals surface area contributed by atoms with E-state index in [-0.39, 0.29) is 31.2 Å². The van der Waals surface area contributed by atoms with Gasteiger partial charge in [0.15, 0.2) is 0 Å². The van der Waals surface area contributed by atoms with Crippen LogP contribution in [0, 0.1) is 11.2 Å². The second-order valence-electron chi connectivity index (χ2n) is 8.18. The van der Waals surface area contributed by atoms with Crippen LogP contribution in [-0.2, 0) is 6.42 Å². The molecule has 4 N–H and O–H groups in total. The topological polar surface area (TPSA) is 114 Å². The highest BCUT2D eigenvalue weighted by atomic mass is 35.5. The lowest BCUT2D eigenvalue weighted by Crippen LogP contribution is -2.27. The molecule has 10 heteroatoms. The van der Waals surface area contributed by atoms with E-state index >= 15 is 0 Å². The van der Waals surface area contributed by atoms with Crippen LogP contribution in [0.3, 0.4) is 0 Å². The molecule has 1 aromatic carbocycles. The van der Waals surface area contributed by atoms with Gasteiger partial charge in [-0.15, -0.1) is 0 Å². The van der Waals surface area contributed by atoms with Crippen molar-refractivity contribution in [3.05, 3.63) is 75.7 Å². The van der Waals surface area contributed by atoms with Crippen molar-refractivity contribution in [1.82, 2.24) is 15.2 Å². The highest BCUT2D eigenvalue weighted by molar-refractivity contribution is 6.43. The minimum Gasteiger partial charge on any atom is -0.506 e. The molecule has 0 bridgehead atoms. The van der Waals surface area contributed by atoms with Crippen molar-refractivity contribution in [2.45, 2.75) is 26.5 Å². The molecule has 1 atom stereocenters. The number of halogens is 2. The Labute approximate surface area is 201 Å². The van der Waals surface area contributed by atoms with Gasteiger partial charge in [0.1, 0.15) is 29.4 Å². The summed E-state index contributed by atoms with van der Waals surface area (Å²) >= 11 is 6.20. The molecule has 0 saturated carbocycles. The lowest BCUT2D eigenvalue weighted by molar-refractivity contribution is 0.0228. The van der Waals surface area contributed by atoms with Gasteiger partial charge in [-0.1, -0.05) is 11.6 Å². The standard InChI is InChI=1S/C24H25ClFN5O3/c1-13-22(25)14(2)30-23(29-13)19-11-31(12-20(19)27)24(33)18-4-3-16(26)8-21(18)34-6-5-15-7-17(32)10-28-9-15/h3-4,7-10,24,27,29,32-33H,5-6,11-12H2,1-2H3/b23-19+,27-20?. The van der Waals surface area contributed by atoms with Crippen molar-refractivity contribution in [2.24, 2.45) is 4.99 Å². The zero-order valence-corrected chi connectivity index (χ0v) is 19.5. The predicted molar refractivity (Wildman–Crippen MR) is 128 cm³/mol. The van der Waals surface area contributed by atoms with E-state index in [2.05, 4.69) is 15.3 Å². The van der Waals surface area contributed by atoms with Crippen molar-refractivity contribution >= 4 is 23.0 Å².